The molecule has 0 heterocycles. The molecule has 0 aliphatic rings. The van der Waals surface area contributed by atoms with Gasteiger partial charge in [-0.3, -0.25) is 10.1 Å². The van der Waals surface area contributed by atoms with Crippen molar-refractivity contribution in [3.05, 3.63) is 33.3 Å². The molecule has 0 aliphatic carbocycles. The quantitative estimate of drug-likeness (QED) is 0.575. The van der Waals surface area contributed by atoms with E-state index in [1.165, 1.54) is 12.1 Å². The van der Waals surface area contributed by atoms with Crippen molar-refractivity contribution in [3.63, 3.8) is 0 Å². The molecule has 0 unspecified atom stereocenters. The Morgan fingerprint density at radius 1 is 1.50 bits per heavy atom. The van der Waals surface area contributed by atoms with Crippen molar-refractivity contribution < 1.29 is 9.66 Å². The summed E-state index contributed by atoms with van der Waals surface area (Å²) in [6.07, 6.45) is -0.0178. The summed E-state index contributed by atoms with van der Waals surface area (Å²) in [5.74, 6) is 0.455. The van der Waals surface area contributed by atoms with Crippen LogP contribution in [-0.2, 0) is 0 Å². The highest BCUT2D eigenvalue weighted by Crippen LogP contribution is 2.28. The van der Waals surface area contributed by atoms with Gasteiger partial charge in [0.1, 0.15) is 10.8 Å². The SMILES string of the molecule is CC(C)Oc1ccc(Cl)c([N+](=O)[O-])c1. The van der Waals surface area contributed by atoms with Crippen LogP contribution in [0.25, 0.3) is 0 Å². The molecule has 14 heavy (non-hydrogen) atoms. The van der Waals surface area contributed by atoms with E-state index < -0.39 is 4.92 Å². The molecule has 0 radical (unpaired) electrons. The molecule has 0 aliphatic heterocycles. The van der Waals surface area contributed by atoms with Crippen LogP contribution in [0.3, 0.4) is 0 Å². The van der Waals surface area contributed by atoms with E-state index in [0.717, 1.165) is 0 Å². The lowest BCUT2D eigenvalue weighted by molar-refractivity contribution is -0.384. The molecule has 4 nitrogen and oxygen atoms in total. The van der Waals surface area contributed by atoms with E-state index in [4.69, 9.17) is 16.3 Å². The molecule has 0 spiro atoms. The van der Waals surface area contributed by atoms with Crippen LogP contribution in [0.2, 0.25) is 5.02 Å². The zero-order valence-electron chi connectivity index (χ0n) is 7.86. The molecule has 0 atom stereocenters. The Hall–Kier alpha value is -1.29. The van der Waals surface area contributed by atoms with E-state index in [0.29, 0.717) is 5.75 Å². The topological polar surface area (TPSA) is 52.4 Å². The maximum absolute atomic E-state index is 10.5. The number of halogens is 1. The summed E-state index contributed by atoms with van der Waals surface area (Å²) in [6, 6.07) is 4.38. The number of nitrogens with zero attached hydrogens (tertiary/aromatic N) is 1. The highest BCUT2D eigenvalue weighted by atomic mass is 35.5. The third-order valence-corrected chi connectivity index (χ3v) is 1.81. The lowest BCUT2D eigenvalue weighted by Crippen LogP contribution is -2.05. The van der Waals surface area contributed by atoms with Gasteiger partial charge in [-0.05, 0) is 26.0 Å². The Labute approximate surface area is 86.6 Å². The third kappa shape index (κ3) is 2.60. The van der Waals surface area contributed by atoms with Crippen molar-refractivity contribution >= 4 is 17.3 Å². The largest absolute Gasteiger partial charge is 0.491 e. The van der Waals surface area contributed by atoms with Gasteiger partial charge in [-0.15, -0.1) is 0 Å². The molecule has 0 fully saturated rings. The van der Waals surface area contributed by atoms with Gasteiger partial charge in [0.25, 0.3) is 5.69 Å². The minimum Gasteiger partial charge on any atom is -0.491 e. The van der Waals surface area contributed by atoms with Gasteiger partial charge in [-0.2, -0.15) is 0 Å². The Morgan fingerprint density at radius 3 is 2.64 bits per heavy atom. The Morgan fingerprint density at radius 2 is 2.14 bits per heavy atom. The smallest absolute Gasteiger partial charge is 0.291 e. The zero-order valence-corrected chi connectivity index (χ0v) is 8.62. The molecule has 0 amide bonds. The van der Waals surface area contributed by atoms with Crippen LogP contribution in [0.15, 0.2) is 18.2 Å². The van der Waals surface area contributed by atoms with Crippen LogP contribution >= 0.6 is 11.6 Å². The van der Waals surface area contributed by atoms with Crippen molar-refractivity contribution in [1.82, 2.24) is 0 Å². The monoisotopic (exact) mass is 215 g/mol. The average molecular weight is 216 g/mol. The summed E-state index contributed by atoms with van der Waals surface area (Å²) >= 11 is 5.63. The van der Waals surface area contributed by atoms with Crippen LogP contribution in [0, 0.1) is 10.1 Å². The number of rotatable bonds is 3. The van der Waals surface area contributed by atoms with Gasteiger partial charge in [0.05, 0.1) is 17.1 Å². The van der Waals surface area contributed by atoms with Crippen molar-refractivity contribution in [2.45, 2.75) is 20.0 Å². The highest BCUT2D eigenvalue weighted by Gasteiger charge is 2.13. The minimum absolute atomic E-state index is 0.0178. The fraction of sp³-hybridized carbons (Fsp3) is 0.333. The summed E-state index contributed by atoms with van der Waals surface area (Å²) in [5.41, 5.74) is -0.134. The standard InChI is InChI=1S/C9H10ClNO3/c1-6(2)14-7-3-4-8(10)9(5-7)11(12)13/h3-6H,1-2H3. The number of nitro groups is 1. The van der Waals surface area contributed by atoms with Crippen molar-refractivity contribution in [3.8, 4) is 5.75 Å². The Bertz CT molecular complexity index is 352. The van der Waals surface area contributed by atoms with Crippen molar-refractivity contribution in [2.75, 3.05) is 0 Å². The lowest BCUT2D eigenvalue weighted by atomic mass is 10.3. The zero-order chi connectivity index (χ0) is 10.7. The van der Waals surface area contributed by atoms with E-state index in [1.807, 2.05) is 13.8 Å². The summed E-state index contributed by atoms with van der Waals surface area (Å²) in [4.78, 5) is 9.99. The second-order valence-electron chi connectivity index (χ2n) is 3.04. The number of benzene rings is 1. The van der Waals surface area contributed by atoms with E-state index >= 15 is 0 Å². The molecule has 76 valence electrons. The fourth-order valence-corrected chi connectivity index (χ4v) is 1.16. The van der Waals surface area contributed by atoms with E-state index in [1.54, 1.807) is 6.07 Å². The lowest BCUT2D eigenvalue weighted by Gasteiger charge is -2.09. The summed E-state index contributed by atoms with van der Waals surface area (Å²) < 4.78 is 5.30. The van der Waals surface area contributed by atoms with Crippen LogP contribution in [0.4, 0.5) is 5.69 Å². The van der Waals surface area contributed by atoms with E-state index in [9.17, 15) is 10.1 Å². The van der Waals surface area contributed by atoms with E-state index in [2.05, 4.69) is 0 Å². The van der Waals surface area contributed by atoms with Gasteiger partial charge in [0.2, 0.25) is 0 Å². The molecule has 0 aromatic heterocycles. The van der Waals surface area contributed by atoms with Gasteiger partial charge in [0.15, 0.2) is 0 Å². The summed E-state index contributed by atoms with van der Waals surface area (Å²) in [6.45, 7) is 3.70. The molecule has 1 aromatic rings. The first-order valence-corrected chi connectivity index (χ1v) is 4.49. The first-order chi connectivity index (χ1) is 6.50. The molecule has 0 N–H and O–H groups in total. The molecular weight excluding hydrogens is 206 g/mol. The van der Waals surface area contributed by atoms with Gasteiger partial charge < -0.3 is 4.74 Å². The van der Waals surface area contributed by atoms with E-state index in [-0.39, 0.29) is 16.8 Å². The maximum atomic E-state index is 10.5. The third-order valence-electron chi connectivity index (χ3n) is 1.49. The van der Waals surface area contributed by atoms with Gasteiger partial charge >= 0.3 is 0 Å². The van der Waals surface area contributed by atoms with Gasteiger partial charge in [-0.25, -0.2) is 0 Å². The predicted octanol–water partition coefficient (Wildman–Crippen LogP) is 3.04. The fourth-order valence-electron chi connectivity index (χ4n) is 0.978. The van der Waals surface area contributed by atoms with Crippen LogP contribution < -0.4 is 4.74 Å². The first kappa shape index (κ1) is 10.8. The maximum Gasteiger partial charge on any atom is 0.291 e. The molecular formula is C9H10ClNO3. The van der Waals surface area contributed by atoms with Gasteiger partial charge in [0, 0.05) is 0 Å². The second-order valence-corrected chi connectivity index (χ2v) is 3.44. The number of hydrogen-bond donors (Lipinski definition) is 0. The molecule has 0 saturated carbocycles. The summed E-state index contributed by atoms with van der Waals surface area (Å²) in [7, 11) is 0. The average Bonchev–Trinajstić information content (AvgIpc) is 2.07. The highest BCUT2D eigenvalue weighted by molar-refractivity contribution is 6.32. The van der Waals surface area contributed by atoms with Crippen molar-refractivity contribution in [2.24, 2.45) is 0 Å². The number of hydrogen-bond acceptors (Lipinski definition) is 3. The molecule has 0 bridgehead atoms. The minimum atomic E-state index is -0.532. The normalized spacial score (nSPS) is 10.3. The number of ether oxygens (including phenoxy) is 1. The van der Waals surface area contributed by atoms with Crippen molar-refractivity contribution in [1.29, 1.82) is 0 Å². The van der Waals surface area contributed by atoms with Gasteiger partial charge in [-0.1, -0.05) is 11.6 Å². The Kier molecular flexibility index (Phi) is 3.30. The first-order valence-electron chi connectivity index (χ1n) is 4.11. The molecule has 1 rings (SSSR count). The Balaban J connectivity index is 3.00. The number of nitro benzene ring substituents is 1. The van der Waals surface area contributed by atoms with Crippen LogP contribution in [-0.4, -0.2) is 11.0 Å². The second kappa shape index (κ2) is 4.28. The summed E-state index contributed by atoms with van der Waals surface area (Å²) in [5, 5.41) is 10.6. The molecule has 0 saturated heterocycles. The predicted molar refractivity (Wildman–Crippen MR) is 53.9 cm³/mol. The van der Waals surface area contributed by atoms with Crippen LogP contribution in [0.5, 0.6) is 5.75 Å². The molecule has 1 aromatic carbocycles. The molecule has 5 heteroatoms. The van der Waals surface area contributed by atoms with Crippen LogP contribution in [0.1, 0.15) is 13.8 Å².